The minimum absolute atomic E-state index is 0.101. The van der Waals surface area contributed by atoms with Crippen LogP contribution in [0.25, 0.3) is 11.1 Å². The van der Waals surface area contributed by atoms with E-state index in [2.05, 4.69) is 22.8 Å². The fraction of sp³-hybridized carbons (Fsp3) is 0.300. The molecule has 1 saturated carbocycles. The second-order valence-electron chi connectivity index (χ2n) is 9.82. The molecule has 0 heterocycles. The van der Waals surface area contributed by atoms with Gasteiger partial charge >= 0.3 is 12.1 Å². The van der Waals surface area contributed by atoms with Crippen LogP contribution < -0.4 is 10.6 Å². The summed E-state index contributed by atoms with van der Waals surface area (Å²) in [6, 6.07) is 24.2. The van der Waals surface area contributed by atoms with Crippen molar-refractivity contribution in [1.82, 2.24) is 10.6 Å². The maximum Gasteiger partial charge on any atom is 0.408 e. The minimum Gasteiger partial charge on any atom is -0.480 e. The highest BCUT2D eigenvalue weighted by atomic mass is 16.5. The van der Waals surface area contributed by atoms with Crippen molar-refractivity contribution in [3.05, 3.63) is 95.6 Å². The lowest BCUT2D eigenvalue weighted by Gasteiger charge is -2.25. The zero-order valence-corrected chi connectivity index (χ0v) is 21.1. The zero-order chi connectivity index (χ0) is 26.7. The molecule has 5 rings (SSSR count). The van der Waals surface area contributed by atoms with E-state index in [4.69, 9.17) is 9.47 Å². The van der Waals surface area contributed by atoms with Crippen LogP contribution >= 0.6 is 0 Å². The third kappa shape index (κ3) is 5.26. The molecule has 3 aromatic carbocycles. The Bertz CT molecular complexity index is 1290. The molecule has 0 aliphatic heterocycles. The van der Waals surface area contributed by atoms with E-state index in [1.165, 1.54) is 0 Å². The number of aliphatic carboxylic acids is 1. The number of carboxylic acid groups (broad SMARTS) is 1. The number of benzene rings is 3. The molecule has 8 nitrogen and oxygen atoms in total. The number of nitrogens with one attached hydrogen (secondary N) is 2. The van der Waals surface area contributed by atoms with Gasteiger partial charge in [0, 0.05) is 5.92 Å². The van der Waals surface area contributed by atoms with Crippen molar-refractivity contribution in [1.29, 1.82) is 0 Å². The van der Waals surface area contributed by atoms with E-state index in [1.54, 1.807) is 6.92 Å². The molecule has 196 valence electrons. The van der Waals surface area contributed by atoms with Gasteiger partial charge in [-0.25, -0.2) is 9.59 Å². The van der Waals surface area contributed by atoms with Gasteiger partial charge in [0.25, 0.3) is 0 Å². The van der Waals surface area contributed by atoms with Crippen molar-refractivity contribution in [3.8, 4) is 11.1 Å². The molecular weight excluding hydrogens is 484 g/mol. The van der Waals surface area contributed by atoms with Gasteiger partial charge in [-0.05, 0) is 47.6 Å². The summed E-state index contributed by atoms with van der Waals surface area (Å²) in [5, 5.41) is 14.9. The summed E-state index contributed by atoms with van der Waals surface area (Å²) in [4.78, 5) is 37.7. The van der Waals surface area contributed by atoms with Gasteiger partial charge in [0.05, 0.1) is 12.7 Å². The molecule has 0 aromatic heterocycles. The monoisotopic (exact) mass is 514 g/mol. The Hall–Kier alpha value is -4.17. The molecule has 0 unspecified atom stereocenters. The van der Waals surface area contributed by atoms with Gasteiger partial charge in [0.1, 0.15) is 12.1 Å². The lowest BCUT2D eigenvalue weighted by Crippen LogP contribution is -2.56. The molecular formula is C30H30N2O6. The summed E-state index contributed by atoms with van der Waals surface area (Å²) in [6.07, 6.45) is -0.704. The zero-order valence-electron chi connectivity index (χ0n) is 21.1. The second-order valence-corrected chi connectivity index (χ2v) is 9.82. The van der Waals surface area contributed by atoms with E-state index in [1.807, 2.05) is 66.7 Å². The van der Waals surface area contributed by atoms with E-state index in [0.717, 1.165) is 27.8 Å². The molecule has 0 spiro atoms. The fourth-order valence-electron chi connectivity index (χ4n) is 4.92. The number of carbonyl (C=O) groups excluding carboxylic acids is 2. The van der Waals surface area contributed by atoms with Crippen LogP contribution in [0.5, 0.6) is 0 Å². The van der Waals surface area contributed by atoms with Crippen LogP contribution in [0.4, 0.5) is 4.79 Å². The SMILES string of the molecule is C[C@@H](OCc1ccccc1)[C@H](NC(=O)C1(NC(=O)OCC2c3ccccc3-c3ccccc32)CC1)C(=O)O. The van der Waals surface area contributed by atoms with Crippen LogP contribution in [0.15, 0.2) is 78.9 Å². The number of ether oxygens (including phenoxy) is 2. The van der Waals surface area contributed by atoms with Crippen LogP contribution in [-0.2, 0) is 25.7 Å². The fourth-order valence-corrected chi connectivity index (χ4v) is 4.92. The van der Waals surface area contributed by atoms with E-state index >= 15 is 0 Å². The van der Waals surface area contributed by atoms with E-state index in [9.17, 15) is 19.5 Å². The lowest BCUT2D eigenvalue weighted by molar-refractivity contribution is -0.147. The average Bonchev–Trinajstić information content (AvgIpc) is 3.64. The number of fused-ring (bicyclic) bond motifs is 3. The predicted molar refractivity (Wildman–Crippen MR) is 140 cm³/mol. The van der Waals surface area contributed by atoms with Crippen LogP contribution in [0.3, 0.4) is 0 Å². The Morgan fingerprint density at radius 1 is 0.921 bits per heavy atom. The first-order chi connectivity index (χ1) is 18.4. The normalized spacial score (nSPS) is 16.4. The molecule has 38 heavy (non-hydrogen) atoms. The number of carbonyl (C=O) groups is 3. The largest absolute Gasteiger partial charge is 0.480 e. The van der Waals surface area contributed by atoms with Crippen LogP contribution in [0, 0.1) is 0 Å². The summed E-state index contributed by atoms with van der Waals surface area (Å²) in [7, 11) is 0. The topological polar surface area (TPSA) is 114 Å². The lowest BCUT2D eigenvalue weighted by atomic mass is 9.98. The van der Waals surface area contributed by atoms with Gasteiger partial charge in [0.2, 0.25) is 5.91 Å². The Morgan fingerprint density at radius 2 is 1.50 bits per heavy atom. The van der Waals surface area contributed by atoms with Crippen molar-refractivity contribution in [2.75, 3.05) is 6.61 Å². The number of hydrogen-bond acceptors (Lipinski definition) is 5. The van der Waals surface area contributed by atoms with Crippen molar-refractivity contribution in [2.45, 2.75) is 50.0 Å². The van der Waals surface area contributed by atoms with E-state index in [0.29, 0.717) is 12.8 Å². The molecule has 2 aliphatic rings. The average molecular weight is 515 g/mol. The first-order valence-electron chi connectivity index (χ1n) is 12.7. The number of amides is 2. The first kappa shape index (κ1) is 25.5. The Labute approximate surface area is 221 Å². The maximum atomic E-state index is 13.0. The molecule has 3 aromatic rings. The highest BCUT2D eigenvalue weighted by Crippen LogP contribution is 2.44. The minimum atomic E-state index is -1.27. The molecule has 0 bridgehead atoms. The molecule has 8 heteroatoms. The molecule has 0 radical (unpaired) electrons. The molecule has 0 saturated heterocycles. The Kier molecular flexibility index (Phi) is 7.15. The molecule has 1 fully saturated rings. The van der Waals surface area contributed by atoms with Crippen molar-refractivity contribution < 1.29 is 29.0 Å². The number of alkyl carbamates (subject to hydrolysis) is 1. The summed E-state index contributed by atoms with van der Waals surface area (Å²) < 4.78 is 11.3. The number of carboxylic acids is 1. The molecule has 2 aliphatic carbocycles. The van der Waals surface area contributed by atoms with Crippen LogP contribution in [0.2, 0.25) is 0 Å². The highest BCUT2D eigenvalue weighted by Gasteiger charge is 2.53. The number of hydrogen-bond donors (Lipinski definition) is 3. The maximum absolute atomic E-state index is 13.0. The third-order valence-electron chi connectivity index (χ3n) is 7.25. The van der Waals surface area contributed by atoms with Gasteiger partial charge < -0.3 is 25.2 Å². The number of rotatable bonds is 10. The summed E-state index contributed by atoms with van der Waals surface area (Å²) in [6.45, 7) is 1.94. The van der Waals surface area contributed by atoms with Gasteiger partial charge in [-0.15, -0.1) is 0 Å². The Balaban J connectivity index is 1.17. The van der Waals surface area contributed by atoms with Crippen LogP contribution in [-0.4, -0.2) is 47.4 Å². The van der Waals surface area contributed by atoms with Gasteiger partial charge in [0.15, 0.2) is 6.04 Å². The highest BCUT2D eigenvalue weighted by molar-refractivity contribution is 5.95. The predicted octanol–water partition coefficient (Wildman–Crippen LogP) is 4.23. The van der Waals surface area contributed by atoms with Gasteiger partial charge in [-0.3, -0.25) is 4.79 Å². The molecule has 2 amide bonds. The summed E-state index contributed by atoms with van der Waals surface area (Å²) >= 11 is 0. The van der Waals surface area contributed by atoms with E-state index < -0.39 is 35.7 Å². The quantitative estimate of drug-likeness (QED) is 0.373. The van der Waals surface area contributed by atoms with Crippen LogP contribution in [0.1, 0.15) is 42.4 Å². The van der Waals surface area contributed by atoms with Crippen molar-refractivity contribution >= 4 is 18.0 Å². The summed E-state index contributed by atoms with van der Waals surface area (Å²) in [5.74, 6) is -1.87. The van der Waals surface area contributed by atoms with Crippen molar-refractivity contribution in [3.63, 3.8) is 0 Å². The molecule has 2 atom stereocenters. The third-order valence-corrected chi connectivity index (χ3v) is 7.25. The molecule has 3 N–H and O–H groups in total. The van der Waals surface area contributed by atoms with Crippen molar-refractivity contribution in [2.24, 2.45) is 0 Å². The smallest absolute Gasteiger partial charge is 0.408 e. The standard InChI is InChI=1S/C30H30N2O6/c1-19(37-17-20-9-3-2-4-10-20)26(27(33)34)31-28(35)30(15-16-30)32-29(36)38-18-25-23-13-7-5-11-21(23)22-12-6-8-14-24(22)25/h2-14,19,25-26H,15-18H2,1H3,(H,31,35)(H,32,36)(H,33,34)/t19-,26+/m1/s1. The summed E-state index contributed by atoms with van der Waals surface area (Å²) in [5.41, 5.74) is 4.14. The van der Waals surface area contributed by atoms with Gasteiger partial charge in [-0.1, -0.05) is 78.9 Å². The van der Waals surface area contributed by atoms with Gasteiger partial charge in [-0.2, -0.15) is 0 Å². The van der Waals surface area contributed by atoms with E-state index in [-0.39, 0.29) is 19.1 Å². The first-order valence-corrected chi connectivity index (χ1v) is 12.7. The Morgan fingerprint density at radius 3 is 2.08 bits per heavy atom. The second kappa shape index (κ2) is 10.7.